The molecule has 0 N–H and O–H groups in total. The minimum atomic E-state index is 0.281. The molecule has 29 heavy (non-hydrogen) atoms. The van der Waals surface area contributed by atoms with Gasteiger partial charge in [0, 0.05) is 35.7 Å². The Morgan fingerprint density at radius 1 is 0.655 bits per heavy atom. The molecule has 4 bridgehead atoms. The molecule has 4 fully saturated rings. The molecule has 4 aliphatic rings. The zero-order valence-corrected chi connectivity index (χ0v) is 21.3. The maximum Gasteiger partial charge on any atom is 0.0212 e. The summed E-state index contributed by atoms with van der Waals surface area (Å²) in [5.41, 5.74) is 1.45. The SMILES string of the molecule is CC(C)(C)C1CC2CCC(C1)N2C(C)(C)C(C)(C)C1CC2CC1CN2C(C)(C)C. The summed E-state index contributed by atoms with van der Waals surface area (Å²) in [6, 6.07) is 2.46. The van der Waals surface area contributed by atoms with E-state index in [0.29, 0.717) is 16.4 Å². The van der Waals surface area contributed by atoms with Gasteiger partial charge in [-0.15, -0.1) is 0 Å². The van der Waals surface area contributed by atoms with Crippen molar-refractivity contribution in [2.45, 2.75) is 137 Å². The van der Waals surface area contributed by atoms with Gasteiger partial charge in [0.2, 0.25) is 0 Å². The van der Waals surface area contributed by atoms with Crippen LogP contribution in [-0.2, 0) is 0 Å². The van der Waals surface area contributed by atoms with Gasteiger partial charge in [-0.1, -0.05) is 34.6 Å². The molecule has 1 saturated carbocycles. The summed E-state index contributed by atoms with van der Waals surface area (Å²) in [4.78, 5) is 5.86. The van der Waals surface area contributed by atoms with Gasteiger partial charge in [-0.3, -0.25) is 9.80 Å². The average molecular weight is 403 g/mol. The fourth-order valence-corrected chi connectivity index (χ4v) is 8.24. The molecule has 0 amide bonds. The Labute approximate surface area is 182 Å². The molecule has 2 nitrogen and oxygen atoms in total. The van der Waals surface area contributed by atoms with Gasteiger partial charge < -0.3 is 0 Å². The van der Waals surface area contributed by atoms with E-state index in [1.165, 1.54) is 45.1 Å². The van der Waals surface area contributed by atoms with Crippen molar-refractivity contribution in [3.63, 3.8) is 0 Å². The Kier molecular flexibility index (Phi) is 5.12. The zero-order chi connectivity index (χ0) is 21.6. The molecular weight excluding hydrogens is 352 g/mol. The average Bonchev–Trinajstić information content (AvgIpc) is 3.24. The lowest BCUT2D eigenvalue weighted by molar-refractivity contribution is -0.101. The number of likely N-dealkylation sites (tertiary alicyclic amines) is 1. The van der Waals surface area contributed by atoms with E-state index >= 15 is 0 Å². The maximum atomic E-state index is 3.04. The molecule has 1 aliphatic carbocycles. The van der Waals surface area contributed by atoms with Crippen LogP contribution in [-0.4, -0.2) is 45.5 Å². The molecule has 0 radical (unpaired) electrons. The van der Waals surface area contributed by atoms with Gasteiger partial charge in [0.15, 0.2) is 0 Å². The first-order valence-corrected chi connectivity index (χ1v) is 12.7. The molecule has 0 aromatic rings. The third-order valence-corrected chi connectivity index (χ3v) is 10.5. The van der Waals surface area contributed by atoms with Crippen LogP contribution in [0.4, 0.5) is 0 Å². The van der Waals surface area contributed by atoms with Gasteiger partial charge in [-0.25, -0.2) is 0 Å². The van der Waals surface area contributed by atoms with E-state index < -0.39 is 0 Å². The van der Waals surface area contributed by atoms with E-state index in [4.69, 9.17) is 0 Å². The number of hydrogen-bond donors (Lipinski definition) is 0. The predicted molar refractivity (Wildman–Crippen MR) is 125 cm³/mol. The summed E-state index contributed by atoms with van der Waals surface area (Å²) < 4.78 is 0. The van der Waals surface area contributed by atoms with E-state index in [9.17, 15) is 0 Å². The molecule has 3 heterocycles. The highest BCUT2D eigenvalue weighted by atomic mass is 15.3. The van der Waals surface area contributed by atoms with E-state index in [-0.39, 0.29) is 5.54 Å². The van der Waals surface area contributed by atoms with Crippen LogP contribution in [0.15, 0.2) is 0 Å². The van der Waals surface area contributed by atoms with Gasteiger partial charge >= 0.3 is 0 Å². The Morgan fingerprint density at radius 2 is 1.21 bits per heavy atom. The largest absolute Gasteiger partial charge is 0.295 e. The van der Waals surface area contributed by atoms with Gasteiger partial charge in [0.25, 0.3) is 0 Å². The molecule has 0 spiro atoms. The Bertz CT molecular complexity index is 605. The normalized spacial score (nSPS) is 39.5. The molecule has 0 aromatic carbocycles. The van der Waals surface area contributed by atoms with Crippen molar-refractivity contribution in [1.29, 1.82) is 0 Å². The van der Waals surface area contributed by atoms with Crippen LogP contribution in [0, 0.1) is 28.6 Å². The van der Waals surface area contributed by atoms with Crippen molar-refractivity contribution in [2.24, 2.45) is 28.6 Å². The first kappa shape index (κ1) is 22.1. The van der Waals surface area contributed by atoms with Crippen LogP contribution in [0.1, 0.15) is 108 Å². The van der Waals surface area contributed by atoms with Gasteiger partial charge in [-0.05, 0) is 102 Å². The Morgan fingerprint density at radius 3 is 1.62 bits per heavy atom. The zero-order valence-electron chi connectivity index (χ0n) is 21.3. The van der Waals surface area contributed by atoms with E-state index in [1.807, 2.05) is 0 Å². The Hall–Kier alpha value is -0.0800. The monoisotopic (exact) mass is 402 g/mol. The van der Waals surface area contributed by atoms with Crippen molar-refractivity contribution in [2.75, 3.05) is 6.54 Å². The molecule has 5 atom stereocenters. The molecule has 3 aliphatic heterocycles. The van der Waals surface area contributed by atoms with Crippen LogP contribution in [0.25, 0.3) is 0 Å². The van der Waals surface area contributed by atoms with Gasteiger partial charge in [-0.2, -0.15) is 0 Å². The van der Waals surface area contributed by atoms with Gasteiger partial charge in [0.05, 0.1) is 0 Å². The predicted octanol–water partition coefficient (Wildman–Crippen LogP) is 6.59. The van der Waals surface area contributed by atoms with Crippen LogP contribution >= 0.6 is 0 Å². The summed E-state index contributed by atoms with van der Waals surface area (Å²) in [6.45, 7) is 26.5. The highest BCUT2D eigenvalue weighted by Gasteiger charge is 2.60. The lowest BCUT2D eigenvalue weighted by Crippen LogP contribution is -2.64. The molecule has 3 saturated heterocycles. The van der Waals surface area contributed by atoms with Crippen LogP contribution in [0.2, 0.25) is 0 Å². The molecule has 168 valence electrons. The van der Waals surface area contributed by atoms with Crippen LogP contribution in [0.3, 0.4) is 0 Å². The Balaban J connectivity index is 1.52. The third kappa shape index (κ3) is 3.43. The van der Waals surface area contributed by atoms with Crippen molar-refractivity contribution >= 4 is 0 Å². The molecule has 5 unspecified atom stereocenters. The maximum absolute atomic E-state index is 3.04. The quantitative estimate of drug-likeness (QED) is 0.525. The van der Waals surface area contributed by atoms with E-state index in [0.717, 1.165) is 35.9 Å². The summed E-state index contributed by atoms with van der Waals surface area (Å²) >= 11 is 0. The highest BCUT2D eigenvalue weighted by molar-refractivity contribution is 5.13. The summed E-state index contributed by atoms with van der Waals surface area (Å²) in [6.07, 6.45) is 8.59. The topological polar surface area (TPSA) is 6.48 Å². The number of nitrogens with zero attached hydrogens (tertiary/aromatic N) is 2. The summed E-state index contributed by atoms with van der Waals surface area (Å²) in [7, 11) is 0. The first-order chi connectivity index (χ1) is 13.1. The number of piperidine rings is 2. The molecular formula is C27H50N2. The highest BCUT2D eigenvalue weighted by Crippen LogP contribution is 2.59. The second-order valence-corrected chi connectivity index (χ2v) is 14.4. The second-order valence-electron chi connectivity index (χ2n) is 14.4. The first-order valence-electron chi connectivity index (χ1n) is 12.7. The number of hydrogen-bond acceptors (Lipinski definition) is 2. The van der Waals surface area contributed by atoms with E-state index in [2.05, 4.69) is 79.0 Å². The summed E-state index contributed by atoms with van der Waals surface area (Å²) in [5, 5.41) is 0. The number of rotatable bonds is 3. The standard InChI is InChI=1S/C27H50N2/c1-24(2,3)19-14-20-11-12-21(15-19)29(20)27(9,10)26(7,8)23-16-22-13-18(23)17-28(22)25(4,5)6/h18-23H,11-17H2,1-10H3. The lowest BCUT2D eigenvalue weighted by atomic mass is 9.60. The fraction of sp³-hybridized carbons (Fsp3) is 1.00. The molecule has 0 aromatic heterocycles. The lowest BCUT2D eigenvalue weighted by Gasteiger charge is -2.59. The van der Waals surface area contributed by atoms with Gasteiger partial charge in [0.1, 0.15) is 0 Å². The molecule has 4 rings (SSSR count). The van der Waals surface area contributed by atoms with Crippen LogP contribution < -0.4 is 0 Å². The third-order valence-electron chi connectivity index (χ3n) is 10.5. The fourth-order valence-electron chi connectivity index (χ4n) is 8.24. The summed E-state index contributed by atoms with van der Waals surface area (Å²) in [5.74, 6) is 2.68. The molecule has 2 heteroatoms. The van der Waals surface area contributed by atoms with E-state index in [1.54, 1.807) is 0 Å². The smallest absolute Gasteiger partial charge is 0.0212 e. The van der Waals surface area contributed by atoms with Crippen molar-refractivity contribution < 1.29 is 0 Å². The number of fused-ring (bicyclic) bond motifs is 4. The minimum absolute atomic E-state index is 0.281. The van der Waals surface area contributed by atoms with Crippen molar-refractivity contribution in [3.8, 4) is 0 Å². The second kappa shape index (κ2) is 6.71. The minimum Gasteiger partial charge on any atom is -0.295 e. The van der Waals surface area contributed by atoms with Crippen molar-refractivity contribution in [3.05, 3.63) is 0 Å². The van der Waals surface area contributed by atoms with Crippen molar-refractivity contribution in [1.82, 2.24) is 9.80 Å². The van der Waals surface area contributed by atoms with Crippen LogP contribution in [0.5, 0.6) is 0 Å².